The molecule has 1 fully saturated rings. The van der Waals surface area contributed by atoms with Gasteiger partial charge in [0.1, 0.15) is 6.04 Å². The van der Waals surface area contributed by atoms with Gasteiger partial charge >= 0.3 is 0 Å². The van der Waals surface area contributed by atoms with Crippen LogP contribution in [-0.4, -0.2) is 61.5 Å². The van der Waals surface area contributed by atoms with E-state index in [-0.39, 0.29) is 28.8 Å². The van der Waals surface area contributed by atoms with E-state index in [4.69, 9.17) is 11.6 Å². The van der Waals surface area contributed by atoms with E-state index < -0.39 is 34.7 Å². The molecule has 1 aromatic heterocycles. The monoisotopic (exact) mass is 580 g/mol. The molecule has 0 spiro atoms. The fourth-order valence-electron chi connectivity index (χ4n) is 4.76. The summed E-state index contributed by atoms with van der Waals surface area (Å²) >= 11 is 7.63. The average Bonchev–Trinajstić information content (AvgIpc) is 3.26. The number of carbonyl (C=O) groups excluding carboxylic acids is 3. The SMILES string of the molecule is Cc1ccccc1CNC(=O)[C@H]1N(C(=O)[C@@H](O)[C@H](Cc2ccccc2)NC(=O)c2ccncc2Cl)CSC1(C)C. The molecule has 2 heterocycles. The van der Waals surface area contributed by atoms with Gasteiger partial charge in [-0.1, -0.05) is 66.2 Å². The minimum atomic E-state index is -1.61. The lowest BCUT2D eigenvalue weighted by Gasteiger charge is -2.33. The number of nitrogens with one attached hydrogen (secondary N) is 2. The summed E-state index contributed by atoms with van der Waals surface area (Å²) in [6, 6.07) is 16.7. The van der Waals surface area contributed by atoms with Crippen molar-refractivity contribution in [3.8, 4) is 0 Å². The molecule has 10 heteroatoms. The highest BCUT2D eigenvalue weighted by molar-refractivity contribution is 8.00. The number of amides is 3. The Bertz CT molecular complexity index is 1370. The molecule has 2 aromatic carbocycles. The normalized spacial score (nSPS) is 17.6. The van der Waals surface area contributed by atoms with Gasteiger partial charge in [-0.15, -0.1) is 11.8 Å². The predicted octanol–water partition coefficient (Wildman–Crippen LogP) is 3.74. The van der Waals surface area contributed by atoms with E-state index in [0.717, 1.165) is 16.7 Å². The van der Waals surface area contributed by atoms with Gasteiger partial charge in [-0.25, -0.2) is 0 Å². The lowest BCUT2D eigenvalue weighted by Crippen LogP contribution is -2.58. The van der Waals surface area contributed by atoms with E-state index in [1.807, 2.05) is 75.4 Å². The zero-order valence-electron chi connectivity index (χ0n) is 22.6. The number of aliphatic hydroxyl groups is 1. The molecule has 0 aliphatic carbocycles. The van der Waals surface area contributed by atoms with Gasteiger partial charge in [0, 0.05) is 23.7 Å². The van der Waals surface area contributed by atoms with Crippen LogP contribution in [0.15, 0.2) is 73.1 Å². The number of rotatable bonds is 9. The van der Waals surface area contributed by atoms with Gasteiger partial charge in [0.25, 0.3) is 11.8 Å². The van der Waals surface area contributed by atoms with Crippen molar-refractivity contribution in [3.63, 3.8) is 0 Å². The highest BCUT2D eigenvalue weighted by Crippen LogP contribution is 2.40. The first-order chi connectivity index (χ1) is 19.1. The number of halogens is 1. The third kappa shape index (κ3) is 6.83. The molecular weight excluding hydrogens is 548 g/mol. The summed E-state index contributed by atoms with van der Waals surface area (Å²) in [6.45, 7) is 6.12. The maximum atomic E-state index is 13.8. The molecule has 4 rings (SSSR count). The smallest absolute Gasteiger partial charge is 0.254 e. The van der Waals surface area contributed by atoms with E-state index in [0.29, 0.717) is 6.54 Å². The van der Waals surface area contributed by atoms with Crippen molar-refractivity contribution in [2.45, 2.75) is 56.7 Å². The summed E-state index contributed by atoms with van der Waals surface area (Å²) in [6.07, 6.45) is 1.38. The molecule has 1 aliphatic rings. The molecule has 3 atom stereocenters. The molecule has 0 unspecified atom stereocenters. The Hall–Kier alpha value is -3.40. The van der Waals surface area contributed by atoms with Crippen molar-refractivity contribution in [1.82, 2.24) is 20.5 Å². The fraction of sp³-hybridized carbons (Fsp3) is 0.333. The zero-order valence-corrected chi connectivity index (χ0v) is 24.2. The Balaban J connectivity index is 1.55. The third-order valence-electron chi connectivity index (χ3n) is 7.06. The van der Waals surface area contributed by atoms with Crippen molar-refractivity contribution in [3.05, 3.63) is 100 Å². The summed E-state index contributed by atoms with van der Waals surface area (Å²) in [5.41, 5.74) is 3.04. The maximum Gasteiger partial charge on any atom is 0.254 e. The highest BCUT2D eigenvalue weighted by Gasteiger charge is 2.49. The minimum Gasteiger partial charge on any atom is -0.381 e. The van der Waals surface area contributed by atoms with Crippen LogP contribution in [-0.2, 0) is 22.6 Å². The third-order valence-corrected chi connectivity index (χ3v) is 8.73. The molecule has 8 nitrogen and oxygen atoms in total. The van der Waals surface area contributed by atoms with Gasteiger partial charge in [0.15, 0.2) is 6.10 Å². The summed E-state index contributed by atoms with van der Waals surface area (Å²) in [4.78, 5) is 45.7. The topological polar surface area (TPSA) is 112 Å². The molecule has 40 heavy (non-hydrogen) atoms. The molecule has 3 aromatic rings. The van der Waals surface area contributed by atoms with Crippen LogP contribution in [0.5, 0.6) is 0 Å². The first kappa shape index (κ1) is 29.6. The standard InChI is InChI=1S/C30H33ClN4O4S/c1-19-9-7-8-12-21(19)16-33-28(38)26-30(2,3)40-18-35(26)29(39)25(36)24(15-20-10-5-4-6-11-20)34-27(37)22-13-14-32-17-23(22)31/h4-14,17,24-26,36H,15-16,18H2,1-3H3,(H,33,38)(H,34,37)/t24-,25-,26+/m0/s1. The largest absolute Gasteiger partial charge is 0.381 e. The Kier molecular flexibility index (Phi) is 9.50. The van der Waals surface area contributed by atoms with Crippen LogP contribution in [0, 0.1) is 6.92 Å². The quantitative estimate of drug-likeness (QED) is 0.355. The molecule has 210 valence electrons. The number of hydrogen-bond acceptors (Lipinski definition) is 6. The van der Waals surface area contributed by atoms with Crippen LogP contribution in [0.4, 0.5) is 0 Å². The number of aryl methyl sites for hydroxylation is 1. The van der Waals surface area contributed by atoms with E-state index >= 15 is 0 Å². The second-order valence-corrected chi connectivity index (χ2v) is 12.3. The molecule has 0 saturated carbocycles. The summed E-state index contributed by atoms with van der Waals surface area (Å²) < 4.78 is -0.589. The highest BCUT2D eigenvalue weighted by atomic mass is 35.5. The second-order valence-electron chi connectivity index (χ2n) is 10.3. The molecule has 1 aliphatic heterocycles. The summed E-state index contributed by atoms with van der Waals surface area (Å²) in [5.74, 6) is -1.24. The molecule has 0 radical (unpaired) electrons. The number of aliphatic hydroxyl groups excluding tert-OH is 1. The van der Waals surface area contributed by atoms with Crippen molar-refractivity contribution in [1.29, 1.82) is 0 Å². The van der Waals surface area contributed by atoms with Gasteiger partial charge in [0.2, 0.25) is 5.91 Å². The van der Waals surface area contributed by atoms with Gasteiger partial charge in [-0.3, -0.25) is 19.4 Å². The predicted molar refractivity (Wildman–Crippen MR) is 157 cm³/mol. The van der Waals surface area contributed by atoms with Gasteiger partial charge in [-0.2, -0.15) is 0 Å². The molecule has 3 amide bonds. The number of carbonyl (C=O) groups is 3. The van der Waals surface area contributed by atoms with Crippen LogP contribution in [0.3, 0.4) is 0 Å². The van der Waals surface area contributed by atoms with Gasteiger partial charge in [0.05, 0.1) is 22.5 Å². The fourth-order valence-corrected chi connectivity index (χ4v) is 6.10. The lowest BCUT2D eigenvalue weighted by molar-refractivity contribution is -0.147. The summed E-state index contributed by atoms with van der Waals surface area (Å²) in [7, 11) is 0. The first-order valence-corrected chi connectivity index (χ1v) is 14.3. The second kappa shape index (κ2) is 12.8. The van der Waals surface area contributed by atoms with Gasteiger partial charge < -0.3 is 20.6 Å². The Morgan fingerprint density at radius 2 is 1.82 bits per heavy atom. The van der Waals surface area contributed by atoms with E-state index in [9.17, 15) is 19.5 Å². The van der Waals surface area contributed by atoms with Crippen LogP contribution >= 0.6 is 23.4 Å². The minimum absolute atomic E-state index is 0.155. The first-order valence-electron chi connectivity index (χ1n) is 13.0. The number of hydrogen-bond donors (Lipinski definition) is 3. The van der Waals surface area contributed by atoms with Crippen LogP contribution in [0.1, 0.15) is 40.9 Å². The van der Waals surface area contributed by atoms with Crippen LogP contribution in [0.2, 0.25) is 5.02 Å². The van der Waals surface area contributed by atoms with E-state index in [1.54, 1.807) is 0 Å². The Morgan fingerprint density at radius 1 is 1.12 bits per heavy atom. The molecule has 0 bridgehead atoms. The van der Waals surface area contributed by atoms with Crippen molar-refractivity contribution in [2.75, 3.05) is 5.88 Å². The zero-order chi connectivity index (χ0) is 28.9. The number of thioether (sulfide) groups is 1. The van der Waals surface area contributed by atoms with Crippen molar-refractivity contribution >= 4 is 41.1 Å². The number of benzene rings is 2. The molecular formula is C30H33ClN4O4S. The Labute approximate surface area is 243 Å². The maximum absolute atomic E-state index is 13.8. The van der Waals surface area contributed by atoms with Crippen molar-refractivity contribution in [2.24, 2.45) is 0 Å². The average molecular weight is 581 g/mol. The molecule has 1 saturated heterocycles. The van der Waals surface area contributed by atoms with Crippen molar-refractivity contribution < 1.29 is 19.5 Å². The molecule has 3 N–H and O–H groups in total. The van der Waals surface area contributed by atoms with Crippen LogP contribution in [0.25, 0.3) is 0 Å². The summed E-state index contributed by atoms with van der Waals surface area (Å²) in [5, 5.41) is 17.3. The number of nitrogens with zero attached hydrogens (tertiary/aromatic N) is 2. The van der Waals surface area contributed by atoms with E-state index in [1.165, 1.54) is 35.1 Å². The number of pyridine rings is 1. The lowest BCUT2D eigenvalue weighted by atomic mass is 9.97. The number of aromatic nitrogens is 1. The van der Waals surface area contributed by atoms with Gasteiger partial charge in [-0.05, 0) is 49.9 Å². The Morgan fingerprint density at radius 3 is 2.52 bits per heavy atom. The van der Waals surface area contributed by atoms with E-state index in [2.05, 4.69) is 15.6 Å². The van der Waals surface area contributed by atoms with Crippen LogP contribution < -0.4 is 10.6 Å².